The van der Waals surface area contributed by atoms with Gasteiger partial charge in [0.15, 0.2) is 11.0 Å². The molecule has 0 aliphatic heterocycles. The van der Waals surface area contributed by atoms with E-state index in [0.717, 1.165) is 26.6 Å². The third kappa shape index (κ3) is 2.78. The minimum atomic E-state index is 0.593. The molecule has 5 nitrogen and oxygen atoms in total. The molecule has 1 aromatic carbocycles. The van der Waals surface area contributed by atoms with Gasteiger partial charge in [-0.25, -0.2) is 15.0 Å². The first-order chi connectivity index (χ1) is 12.4. The highest BCUT2D eigenvalue weighted by molar-refractivity contribution is 7.99. The Morgan fingerprint density at radius 3 is 2.76 bits per heavy atom. The molecule has 5 rings (SSSR count). The number of para-hydroxylation sites is 1. The largest absolute Gasteiger partial charge is 0.323 e. The molecule has 1 aliphatic rings. The lowest BCUT2D eigenvalue weighted by atomic mass is 10.2. The Morgan fingerprint density at radius 1 is 1.00 bits per heavy atom. The van der Waals surface area contributed by atoms with E-state index in [1.165, 1.54) is 12.8 Å². The summed E-state index contributed by atoms with van der Waals surface area (Å²) < 4.78 is 2.26. The molecule has 3 aromatic heterocycles. The van der Waals surface area contributed by atoms with Crippen molar-refractivity contribution in [3.63, 3.8) is 0 Å². The van der Waals surface area contributed by atoms with Crippen LogP contribution in [0.4, 0.5) is 0 Å². The van der Waals surface area contributed by atoms with Gasteiger partial charge < -0.3 is 4.57 Å². The van der Waals surface area contributed by atoms with E-state index in [-0.39, 0.29) is 0 Å². The lowest BCUT2D eigenvalue weighted by Crippen LogP contribution is -1.97. The Morgan fingerprint density at radius 2 is 1.92 bits per heavy atom. The zero-order valence-corrected chi connectivity index (χ0v) is 14.2. The van der Waals surface area contributed by atoms with Crippen LogP contribution in [0.3, 0.4) is 0 Å². The van der Waals surface area contributed by atoms with Crippen LogP contribution in [-0.2, 0) is 0 Å². The van der Waals surface area contributed by atoms with Gasteiger partial charge in [0.05, 0.1) is 5.52 Å². The highest BCUT2D eigenvalue weighted by Gasteiger charge is 2.26. The summed E-state index contributed by atoms with van der Waals surface area (Å²) >= 11 is 1.61. The van der Waals surface area contributed by atoms with Gasteiger partial charge in [-0.3, -0.25) is 4.98 Å². The number of aromatic nitrogens is 5. The normalized spacial score (nSPS) is 14.1. The number of pyridine rings is 1. The molecule has 122 valence electrons. The van der Waals surface area contributed by atoms with Crippen LogP contribution in [-0.4, -0.2) is 24.5 Å². The first-order valence-electron chi connectivity index (χ1n) is 8.26. The first kappa shape index (κ1) is 14.6. The van der Waals surface area contributed by atoms with Crippen molar-refractivity contribution in [3.8, 4) is 11.4 Å². The molecular weight excluding hydrogens is 330 g/mol. The molecular formula is C19H15N5S. The maximum absolute atomic E-state index is 4.83. The summed E-state index contributed by atoms with van der Waals surface area (Å²) in [5.41, 5.74) is 1.85. The lowest BCUT2D eigenvalue weighted by molar-refractivity contribution is 0.662. The van der Waals surface area contributed by atoms with Crippen molar-refractivity contribution in [3.05, 3.63) is 61.2 Å². The van der Waals surface area contributed by atoms with Gasteiger partial charge in [-0.15, -0.1) is 0 Å². The molecule has 25 heavy (non-hydrogen) atoms. The van der Waals surface area contributed by atoms with Crippen LogP contribution in [0.1, 0.15) is 18.9 Å². The van der Waals surface area contributed by atoms with Crippen LogP contribution >= 0.6 is 11.8 Å². The number of rotatable bonds is 4. The van der Waals surface area contributed by atoms with E-state index in [0.29, 0.717) is 11.9 Å². The second-order valence-corrected chi connectivity index (χ2v) is 7.02. The summed E-state index contributed by atoms with van der Waals surface area (Å²) in [5.74, 6) is 0.693. The molecule has 6 heteroatoms. The standard InChI is InChI=1S/C19H15N5S/c1-2-6-16-15(5-1)18(23-17(22-16)13-4-3-9-20-12-13)25-19-21-10-11-24(19)14-7-8-14/h1-6,9-12,14H,7-8H2. The molecule has 0 N–H and O–H groups in total. The zero-order chi connectivity index (χ0) is 16.6. The SMILES string of the molecule is c1cncc(-c2nc(Sc3nccn3C3CC3)c3ccccc3n2)c1. The van der Waals surface area contributed by atoms with Gasteiger partial charge in [0.1, 0.15) is 5.03 Å². The monoisotopic (exact) mass is 345 g/mol. The Balaban J connectivity index is 1.64. The lowest BCUT2D eigenvalue weighted by Gasteiger charge is -2.09. The quantitative estimate of drug-likeness (QED) is 0.514. The molecule has 3 heterocycles. The third-order valence-electron chi connectivity index (χ3n) is 4.25. The van der Waals surface area contributed by atoms with Gasteiger partial charge >= 0.3 is 0 Å². The molecule has 0 radical (unpaired) electrons. The Bertz CT molecular complexity index is 1040. The van der Waals surface area contributed by atoms with Crippen molar-refractivity contribution in [2.45, 2.75) is 29.1 Å². The van der Waals surface area contributed by atoms with Crippen molar-refractivity contribution < 1.29 is 0 Å². The molecule has 0 amide bonds. The third-order valence-corrected chi connectivity index (χ3v) is 5.25. The summed E-state index contributed by atoms with van der Waals surface area (Å²) in [7, 11) is 0. The number of hydrogen-bond acceptors (Lipinski definition) is 5. The second kappa shape index (κ2) is 5.97. The average Bonchev–Trinajstić information content (AvgIpc) is 3.41. The Kier molecular flexibility index (Phi) is 3.48. The summed E-state index contributed by atoms with van der Waals surface area (Å²) in [6.45, 7) is 0. The minimum absolute atomic E-state index is 0.593. The fraction of sp³-hybridized carbons (Fsp3) is 0.158. The van der Waals surface area contributed by atoms with E-state index in [1.54, 1.807) is 24.2 Å². The molecule has 0 atom stereocenters. The molecule has 1 fully saturated rings. The van der Waals surface area contributed by atoms with Crippen LogP contribution in [0.2, 0.25) is 0 Å². The summed E-state index contributed by atoms with van der Waals surface area (Å²) in [5, 5.41) is 2.96. The average molecular weight is 345 g/mol. The smallest absolute Gasteiger partial charge is 0.174 e. The molecule has 4 aromatic rings. The van der Waals surface area contributed by atoms with Gasteiger partial charge in [-0.1, -0.05) is 18.2 Å². The number of imidazole rings is 1. The van der Waals surface area contributed by atoms with Crippen molar-refractivity contribution in [1.82, 2.24) is 24.5 Å². The number of benzene rings is 1. The van der Waals surface area contributed by atoms with E-state index in [9.17, 15) is 0 Å². The number of hydrogen-bond donors (Lipinski definition) is 0. The van der Waals surface area contributed by atoms with Crippen LogP contribution in [0.25, 0.3) is 22.3 Å². The van der Waals surface area contributed by atoms with Crippen molar-refractivity contribution in [1.29, 1.82) is 0 Å². The topological polar surface area (TPSA) is 56.5 Å². The van der Waals surface area contributed by atoms with Crippen molar-refractivity contribution in [2.75, 3.05) is 0 Å². The van der Waals surface area contributed by atoms with E-state index in [2.05, 4.69) is 26.8 Å². The number of fused-ring (bicyclic) bond motifs is 1. The molecule has 0 spiro atoms. The second-order valence-electron chi connectivity index (χ2n) is 6.06. The van der Waals surface area contributed by atoms with Crippen LogP contribution in [0.5, 0.6) is 0 Å². The van der Waals surface area contributed by atoms with E-state index >= 15 is 0 Å². The maximum Gasteiger partial charge on any atom is 0.174 e. The summed E-state index contributed by atoms with van der Waals surface area (Å²) in [6, 6.07) is 12.6. The Labute approximate surface area is 149 Å². The van der Waals surface area contributed by atoms with E-state index < -0.39 is 0 Å². The fourth-order valence-corrected chi connectivity index (χ4v) is 3.86. The van der Waals surface area contributed by atoms with Crippen molar-refractivity contribution in [2.24, 2.45) is 0 Å². The maximum atomic E-state index is 4.83. The zero-order valence-electron chi connectivity index (χ0n) is 13.4. The van der Waals surface area contributed by atoms with Crippen LogP contribution < -0.4 is 0 Å². The Hall–Kier alpha value is -2.73. The van der Waals surface area contributed by atoms with Gasteiger partial charge in [0.2, 0.25) is 0 Å². The summed E-state index contributed by atoms with van der Waals surface area (Å²) in [4.78, 5) is 18.3. The van der Waals surface area contributed by atoms with E-state index in [4.69, 9.17) is 9.97 Å². The molecule has 1 aliphatic carbocycles. The minimum Gasteiger partial charge on any atom is -0.323 e. The fourth-order valence-electron chi connectivity index (χ4n) is 2.84. The van der Waals surface area contributed by atoms with Gasteiger partial charge in [-0.2, -0.15) is 0 Å². The van der Waals surface area contributed by atoms with Gasteiger partial charge in [0, 0.05) is 41.8 Å². The van der Waals surface area contributed by atoms with Crippen LogP contribution in [0.15, 0.2) is 71.4 Å². The molecule has 0 saturated heterocycles. The molecule has 0 unspecified atom stereocenters. The number of nitrogens with zero attached hydrogens (tertiary/aromatic N) is 5. The molecule has 0 bridgehead atoms. The predicted molar refractivity (Wildman–Crippen MR) is 97.4 cm³/mol. The van der Waals surface area contributed by atoms with Gasteiger partial charge in [-0.05, 0) is 42.8 Å². The van der Waals surface area contributed by atoms with Gasteiger partial charge in [0.25, 0.3) is 0 Å². The predicted octanol–water partition coefficient (Wildman–Crippen LogP) is 4.37. The highest BCUT2D eigenvalue weighted by Crippen LogP contribution is 2.40. The highest BCUT2D eigenvalue weighted by atomic mass is 32.2. The van der Waals surface area contributed by atoms with Crippen LogP contribution in [0, 0.1) is 0 Å². The van der Waals surface area contributed by atoms with E-state index in [1.807, 2.05) is 36.5 Å². The summed E-state index contributed by atoms with van der Waals surface area (Å²) in [6.07, 6.45) is 9.94. The molecule has 1 saturated carbocycles. The first-order valence-corrected chi connectivity index (χ1v) is 9.08. The van der Waals surface area contributed by atoms with Crippen molar-refractivity contribution >= 4 is 22.7 Å².